The Morgan fingerprint density at radius 3 is 2.48 bits per heavy atom. The molecule has 0 atom stereocenters. The summed E-state index contributed by atoms with van der Waals surface area (Å²) in [5.41, 5.74) is 0.113. The van der Waals surface area contributed by atoms with E-state index in [0.717, 1.165) is 12.1 Å². The van der Waals surface area contributed by atoms with Crippen LogP contribution in [-0.2, 0) is 19.6 Å². The topological polar surface area (TPSA) is 102 Å². The van der Waals surface area contributed by atoms with Crippen molar-refractivity contribution in [3.05, 3.63) is 59.4 Å². The van der Waals surface area contributed by atoms with Crippen LogP contribution in [0, 0.1) is 18.7 Å². The SMILES string of the molecule is Cc1cc(S(=O)(=O)Nc2ccccc2C(=O)OCC(=O)NCC(C)C)ccc1F. The standard InChI is InChI=1S/C20H23FN2O5S/c1-13(2)11-22-19(24)12-28-20(25)16-6-4-5-7-18(16)23-29(26,27)15-8-9-17(21)14(3)10-15/h4-10,13,23H,11-12H2,1-3H3,(H,22,24). The smallest absolute Gasteiger partial charge is 0.340 e. The van der Waals surface area contributed by atoms with Crippen LogP contribution >= 0.6 is 0 Å². The molecule has 2 aromatic rings. The van der Waals surface area contributed by atoms with Gasteiger partial charge in [0.25, 0.3) is 15.9 Å². The molecule has 0 heterocycles. The number of para-hydroxylation sites is 1. The molecule has 0 radical (unpaired) electrons. The average Bonchev–Trinajstić information content (AvgIpc) is 2.66. The Balaban J connectivity index is 2.14. The van der Waals surface area contributed by atoms with Gasteiger partial charge in [-0.3, -0.25) is 9.52 Å². The highest BCUT2D eigenvalue weighted by atomic mass is 32.2. The van der Waals surface area contributed by atoms with Crippen molar-refractivity contribution in [1.82, 2.24) is 5.32 Å². The van der Waals surface area contributed by atoms with Crippen LogP contribution in [0.15, 0.2) is 47.4 Å². The van der Waals surface area contributed by atoms with E-state index in [4.69, 9.17) is 4.74 Å². The number of nitrogens with one attached hydrogen (secondary N) is 2. The Hall–Kier alpha value is -2.94. The van der Waals surface area contributed by atoms with Gasteiger partial charge >= 0.3 is 5.97 Å². The number of aryl methyl sites for hydroxylation is 1. The first-order chi connectivity index (χ1) is 13.6. The molecule has 1 amide bonds. The van der Waals surface area contributed by atoms with Crippen molar-refractivity contribution in [2.75, 3.05) is 17.9 Å². The van der Waals surface area contributed by atoms with E-state index in [9.17, 15) is 22.4 Å². The summed E-state index contributed by atoms with van der Waals surface area (Å²) in [7, 11) is -4.06. The third kappa shape index (κ3) is 6.28. The maximum Gasteiger partial charge on any atom is 0.340 e. The molecule has 2 aromatic carbocycles. The molecule has 29 heavy (non-hydrogen) atoms. The van der Waals surface area contributed by atoms with Gasteiger partial charge in [-0.15, -0.1) is 0 Å². The summed E-state index contributed by atoms with van der Waals surface area (Å²) >= 11 is 0. The Bertz CT molecular complexity index is 1010. The summed E-state index contributed by atoms with van der Waals surface area (Å²) in [5, 5.41) is 2.61. The molecule has 2 rings (SSSR count). The number of rotatable bonds is 8. The van der Waals surface area contributed by atoms with Crippen LogP contribution in [-0.4, -0.2) is 33.4 Å². The first kappa shape index (κ1) is 22.4. The van der Waals surface area contributed by atoms with E-state index >= 15 is 0 Å². The van der Waals surface area contributed by atoms with Gasteiger partial charge in [0.15, 0.2) is 6.61 Å². The van der Waals surface area contributed by atoms with Crippen molar-refractivity contribution in [3.8, 4) is 0 Å². The molecule has 7 nitrogen and oxygen atoms in total. The average molecular weight is 422 g/mol. The normalized spacial score (nSPS) is 11.2. The molecule has 0 aliphatic heterocycles. The van der Waals surface area contributed by atoms with Gasteiger partial charge in [0.2, 0.25) is 0 Å². The maximum absolute atomic E-state index is 13.4. The molecule has 0 aliphatic carbocycles. The minimum absolute atomic E-state index is 0.0120. The molecular weight excluding hydrogens is 399 g/mol. The zero-order valence-electron chi connectivity index (χ0n) is 16.4. The minimum atomic E-state index is -4.06. The first-order valence-corrected chi connectivity index (χ1v) is 10.4. The molecule has 0 aliphatic rings. The van der Waals surface area contributed by atoms with Gasteiger partial charge in [-0.05, 0) is 48.7 Å². The number of esters is 1. The van der Waals surface area contributed by atoms with E-state index in [1.165, 1.54) is 31.2 Å². The quantitative estimate of drug-likeness (QED) is 0.637. The van der Waals surface area contributed by atoms with Crippen molar-refractivity contribution in [2.45, 2.75) is 25.7 Å². The summed E-state index contributed by atoms with van der Waals surface area (Å²) in [6, 6.07) is 9.22. The lowest BCUT2D eigenvalue weighted by atomic mass is 10.2. The summed E-state index contributed by atoms with van der Waals surface area (Å²) < 4.78 is 45.9. The summed E-state index contributed by atoms with van der Waals surface area (Å²) in [6.45, 7) is 5.27. The van der Waals surface area contributed by atoms with Gasteiger partial charge in [0.05, 0.1) is 16.1 Å². The van der Waals surface area contributed by atoms with Crippen LogP contribution in [0.1, 0.15) is 29.8 Å². The van der Waals surface area contributed by atoms with Crippen LogP contribution in [0.4, 0.5) is 10.1 Å². The number of anilines is 1. The lowest BCUT2D eigenvalue weighted by Gasteiger charge is -2.13. The Morgan fingerprint density at radius 1 is 1.14 bits per heavy atom. The van der Waals surface area contributed by atoms with Crippen LogP contribution in [0.25, 0.3) is 0 Å². The van der Waals surface area contributed by atoms with Crippen molar-refractivity contribution in [3.63, 3.8) is 0 Å². The van der Waals surface area contributed by atoms with Crippen LogP contribution in [0.2, 0.25) is 0 Å². The number of carbonyl (C=O) groups excluding carboxylic acids is 2. The lowest BCUT2D eigenvalue weighted by molar-refractivity contribution is -0.124. The fourth-order valence-electron chi connectivity index (χ4n) is 2.32. The number of halogens is 1. The molecule has 9 heteroatoms. The van der Waals surface area contributed by atoms with Crippen molar-refractivity contribution in [2.24, 2.45) is 5.92 Å². The lowest BCUT2D eigenvalue weighted by Crippen LogP contribution is -2.31. The number of ether oxygens (including phenoxy) is 1. The first-order valence-electron chi connectivity index (χ1n) is 8.92. The monoisotopic (exact) mass is 422 g/mol. The Kier molecular flexibility index (Phi) is 7.33. The fourth-order valence-corrected chi connectivity index (χ4v) is 3.48. The highest BCUT2D eigenvalue weighted by molar-refractivity contribution is 7.92. The second-order valence-electron chi connectivity index (χ2n) is 6.84. The molecule has 0 saturated carbocycles. The molecule has 2 N–H and O–H groups in total. The van der Waals surface area contributed by atoms with E-state index < -0.39 is 34.3 Å². The summed E-state index contributed by atoms with van der Waals surface area (Å²) in [6.07, 6.45) is 0. The Morgan fingerprint density at radius 2 is 1.83 bits per heavy atom. The predicted octanol–water partition coefficient (Wildman–Crippen LogP) is 2.86. The second kappa shape index (κ2) is 9.51. The van der Waals surface area contributed by atoms with Gasteiger partial charge in [-0.2, -0.15) is 0 Å². The predicted molar refractivity (Wildman–Crippen MR) is 107 cm³/mol. The van der Waals surface area contributed by atoms with Crippen LogP contribution < -0.4 is 10.0 Å². The molecule has 0 spiro atoms. The minimum Gasteiger partial charge on any atom is -0.452 e. The van der Waals surface area contributed by atoms with E-state index in [0.29, 0.717) is 6.54 Å². The molecule has 0 aromatic heterocycles. The number of sulfonamides is 1. The third-order valence-electron chi connectivity index (χ3n) is 3.87. The molecule has 0 fully saturated rings. The van der Waals surface area contributed by atoms with E-state index in [1.54, 1.807) is 6.07 Å². The third-order valence-corrected chi connectivity index (χ3v) is 5.24. The Labute approximate surface area is 169 Å². The number of amides is 1. The van der Waals surface area contributed by atoms with Crippen molar-refractivity contribution >= 4 is 27.6 Å². The van der Waals surface area contributed by atoms with Gasteiger partial charge < -0.3 is 10.1 Å². The zero-order chi connectivity index (χ0) is 21.6. The van der Waals surface area contributed by atoms with Gasteiger partial charge in [-0.1, -0.05) is 26.0 Å². The number of hydrogen-bond donors (Lipinski definition) is 2. The second-order valence-corrected chi connectivity index (χ2v) is 8.52. The summed E-state index contributed by atoms with van der Waals surface area (Å²) in [5.74, 6) is -1.58. The highest BCUT2D eigenvalue weighted by Crippen LogP contribution is 2.22. The van der Waals surface area contributed by atoms with Crippen LogP contribution in [0.3, 0.4) is 0 Å². The zero-order valence-corrected chi connectivity index (χ0v) is 17.2. The number of hydrogen-bond acceptors (Lipinski definition) is 5. The summed E-state index contributed by atoms with van der Waals surface area (Å²) in [4.78, 5) is 23.9. The number of benzene rings is 2. The van der Waals surface area contributed by atoms with E-state index in [2.05, 4.69) is 10.0 Å². The fraction of sp³-hybridized carbons (Fsp3) is 0.300. The molecular formula is C20H23FN2O5S. The number of carbonyl (C=O) groups is 2. The highest BCUT2D eigenvalue weighted by Gasteiger charge is 2.20. The van der Waals surface area contributed by atoms with Gasteiger partial charge in [0, 0.05) is 6.54 Å². The van der Waals surface area contributed by atoms with Crippen molar-refractivity contribution < 1.29 is 27.1 Å². The van der Waals surface area contributed by atoms with E-state index in [1.807, 2.05) is 13.8 Å². The molecule has 0 unspecified atom stereocenters. The van der Waals surface area contributed by atoms with Crippen molar-refractivity contribution in [1.29, 1.82) is 0 Å². The largest absolute Gasteiger partial charge is 0.452 e. The van der Waals surface area contributed by atoms with Gasteiger partial charge in [0.1, 0.15) is 5.82 Å². The van der Waals surface area contributed by atoms with E-state index in [-0.39, 0.29) is 27.6 Å². The van der Waals surface area contributed by atoms with Crippen LogP contribution in [0.5, 0.6) is 0 Å². The maximum atomic E-state index is 13.4. The van der Waals surface area contributed by atoms with Gasteiger partial charge in [-0.25, -0.2) is 17.6 Å². The molecule has 0 saturated heterocycles. The molecule has 0 bridgehead atoms. The molecule has 156 valence electrons.